The normalized spacial score (nSPS) is 12.9. The summed E-state index contributed by atoms with van der Waals surface area (Å²) in [7, 11) is -2.93. The van der Waals surface area contributed by atoms with E-state index in [9.17, 15) is 8.42 Å². The minimum Gasteiger partial charge on any atom is -0.249 e. The maximum Gasteiger partial charge on any atom is 0.0856 e. The van der Waals surface area contributed by atoms with Crippen LogP contribution in [0, 0.1) is 0 Å². The molecule has 0 bridgehead atoms. The Balaban J connectivity index is 0.00000179. The molecule has 0 aliphatic carbocycles. The van der Waals surface area contributed by atoms with Crippen LogP contribution in [0.5, 0.6) is 0 Å². The van der Waals surface area contributed by atoms with E-state index >= 15 is 0 Å². The van der Waals surface area contributed by atoms with Gasteiger partial charge in [-0.25, -0.2) is 8.42 Å². The molecule has 4 heteroatoms. The fraction of sp³-hybridized carbons (Fsp3) is 0.0909. The molecule has 0 amide bonds. The van der Waals surface area contributed by atoms with E-state index in [1.807, 2.05) is 80.6 Å². The summed E-state index contributed by atoms with van der Waals surface area (Å²) < 4.78 is 28.4. The summed E-state index contributed by atoms with van der Waals surface area (Å²) in [5, 5.41) is 6.14. The SMILES string of the molecule is CC.CC(c1ccccc1)(c1ccccc1)c1cc2ccc3c(S(=O)c4ccccc4)cc(S(=O)c4ccccc4)c4ccc(c1)c2c34. The van der Waals surface area contributed by atoms with E-state index in [-0.39, 0.29) is 0 Å². The van der Waals surface area contributed by atoms with Crippen molar-refractivity contribution in [3.63, 3.8) is 0 Å². The lowest BCUT2D eigenvalue weighted by Gasteiger charge is -2.32. The van der Waals surface area contributed by atoms with E-state index in [2.05, 4.69) is 104 Å². The van der Waals surface area contributed by atoms with Crippen LogP contribution >= 0.6 is 0 Å². The van der Waals surface area contributed by atoms with E-state index in [0.717, 1.165) is 42.1 Å². The first-order valence-electron chi connectivity index (χ1n) is 16.3. The fourth-order valence-electron chi connectivity index (χ4n) is 6.83. The molecule has 48 heavy (non-hydrogen) atoms. The van der Waals surface area contributed by atoms with Crippen molar-refractivity contribution >= 4 is 53.9 Å². The molecular formula is C44H36O2S2. The van der Waals surface area contributed by atoms with Crippen LogP contribution in [-0.2, 0) is 27.0 Å². The van der Waals surface area contributed by atoms with Gasteiger partial charge in [0.05, 0.1) is 31.4 Å². The molecular weight excluding hydrogens is 625 g/mol. The van der Waals surface area contributed by atoms with E-state index in [1.54, 1.807) is 0 Å². The number of benzene rings is 8. The average molecular weight is 661 g/mol. The predicted molar refractivity (Wildman–Crippen MR) is 202 cm³/mol. The zero-order chi connectivity index (χ0) is 33.3. The van der Waals surface area contributed by atoms with Crippen molar-refractivity contribution < 1.29 is 8.42 Å². The second-order valence-electron chi connectivity index (χ2n) is 11.8. The third-order valence-electron chi connectivity index (χ3n) is 9.23. The highest BCUT2D eigenvalue weighted by Gasteiger charge is 2.32. The monoisotopic (exact) mass is 660 g/mol. The molecule has 0 aromatic heterocycles. The summed E-state index contributed by atoms with van der Waals surface area (Å²) in [6.07, 6.45) is 0. The molecule has 0 aliphatic rings. The van der Waals surface area contributed by atoms with Crippen LogP contribution in [0.4, 0.5) is 0 Å². The number of hydrogen-bond acceptors (Lipinski definition) is 2. The van der Waals surface area contributed by atoms with Gasteiger partial charge < -0.3 is 0 Å². The van der Waals surface area contributed by atoms with Crippen LogP contribution in [0.15, 0.2) is 183 Å². The van der Waals surface area contributed by atoms with Gasteiger partial charge in [0.15, 0.2) is 0 Å². The molecule has 0 spiro atoms. The Kier molecular flexibility index (Phi) is 8.79. The van der Waals surface area contributed by atoms with Crippen LogP contribution < -0.4 is 0 Å². The first kappa shape index (κ1) is 31.7. The van der Waals surface area contributed by atoms with E-state index in [4.69, 9.17) is 0 Å². The van der Waals surface area contributed by atoms with Gasteiger partial charge in [-0.2, -0.15) is 0 Å². The smallest absolute Gasteiger partial charge is 0.0856 e. The van der Waals surface area contributed by atoms with Gasteiger partial charge in [-0.05, 0) is 98.4 Å². The van der Waals surface area contributed by atoms with Crippen molar-refractivity contribution in [3.8, 4) is 0 Å². The van der Waals surface area contributed by atoms with Crippen LogP contribution in [0.2, 0.25) is 0 Å². The molecule has 0 fully saturated rings. The van der Waals surface area contributed by atoms with Crippen LogP contribution in [0.1, 0.15) is 37.5 Å². The molecule has 0 saturated heterocycles. The van der Waals surface area contributed by atoms with Gasteiger partial charge in [-0.15, -0.1) is 0 Å². The summed E-state index contributed by atoms with van der Waals surface area (Å²) in [6, 6.07) is 55.4. The Labute approximate surface area is 287 Å². The van der Waals surface area contributed by atoms with Gasteiger partial charge in [0.2, 0.25) is 0 Å². The predicted octanol–water partition coefficient (Wildman–Crippen LogP) is 11.3. The quantitative estimate of drug-likeness (QED) is 0.126. The molecule has 0 heterocycles. The molecule has 8 rings (SSSR count). The van der Waals surface area contributed by atoms with Gasteiger partial charge in [0, 0.05) is 15.2 Å². The molecule has 2 nitrogen and oxygen atoms in total. The van der Waals surface area contributed by atoms with Gasteiger partial charge >= 0.3 is 0 Å². The molecule has 0 saturated carbocycles. The van der Waals surface area contributed by atoms with Gasteiger partial charge in [0.1, 0.15) is 0 Å². The average Bonchev–Trinajstić information content (AvgIpc) is 3.17. The first-order valence-corrected chi connectivity index (χ1v) is 18.6. The third-order valence-corrected chi connectivity index (χ3v) is 12.1. The van der Waals surface area contributed by atoms with Gasteiger partial charge in [-0.1, -0.05) is 135 Å². The van der Waals surface area contributed by atoms with Crippen LogP contribution in [0.25, 0.3) is 32.3 Å². The lowest BCUT2D eigenvalue weighted by atomic mass is 9.70. The van der Waals surface area contributed by atoms with Crippen molar-refractivity contribution in [2.24, 2.45) is 0 Å². The highest BCUT2D eigenvalue weighted by molar-refractivity contribution is 7.86. The summed E-state index contributed by atoms with van der Waals surface area (Å²) in [4.78, 5) is 2.79. The second-order valence-corrected chi connectivity index (χ2v) is 14.7. The van der Waals surface area contributed by atoms with Crippen LogP contribution in [0.3, 0.4) is 0 Å². The van der Waals surface area contributed by atoms with Crippen molar-refractivity contribution in [1.82, 2.24) is 0 Å². The summed E-state index contributed by atoms with van der Waals surface area (Å²) in [6.45, 7) is 6.30. The lowest BCUT2D eigenvalue weighted by molar-refractivity contribution is 0.682. The van der Waals surface area contributed by atoms with Crippen molar-refractivity contribution in [2.75, 3.05) is 0 Å². The molecule has 0 radical (unpaired) electrons. The minimum atomic E-state index is -1.47. The Hall–Kier alpha value is -4.90. The molecule has 2 atom stereocenters. The second kappa shape index (κ2) is 13.3. The maximum atomic E-state index is 14.2. The maximum absolute atomic E-state index is 14.2. The summed E-state index contributed by atoms with van der Waals surface area (Å²) in [5.74, 6) is 0. The molecule has 0 N–H and O–H groups in total. The van der Waals surface area contributed by atoms with Gasteiger partial charge in [-0.3, -0.25) is 0 Å². The van der Waals surface area contributed by atoms with Crippen molar-refractivity contribution in [1.29, 1.82) is 0 Å². The Morgan fingerprint density at radius 3 is 1.19 bits per heavy atom. The Morgan fingerprint density at radius 1 is 0.417 bits per heavy atom. The highest BCUT2D eigenvalue weighted by atomic mass is 32.2. The molecule has 8 aromatic carbocycles. The number of rotatable bonds is 7. The van der Waals surface area contributed by atoms with E-state index in [1.165, 1.54) is 16.7 Å². The summed E-state index contributed by atoms with van der Waals surface area (Å²) >= 11 is 0. The molecule has 8 aromatic rings. The zero-order valence-corrected chi connectivity index (χ0v) is 28.9. The molecule has 236 valence electrons. The zero-order valence-electron chi connectivity index (χ0n) is 27.2. The van der Waals surface area contributed by atoms with Gasteiger partial charge in [0.25, 0.3) is 0 Å². The lowest BCUT2D eigenvalue weighted by Crippen LogP contribution is -2.25. The first-order chi connectivity index (χ1) is 23.5. The summed E-state index contributed by atoms with van der Waals surface area (Å²) in [5.41, 5.74) is 3.23. The van der Waals surface area contributed by atoms with E-state index < -0.39 is 27.0 Å². The minimum absolute atomic E-state index is 0.396. The number of hydrogen-bond donors (Lipinski definition) is 0. The standard InChI is InChI=1S/C42H30O2S2.C2H6/c1-42(31-14-6-2-7-15-31,32-16-8-3-9-17-32)33-26-29-22-24-36-38(45(43)34-18-10-4-11-19-34)28-39(46(44)35-20-12-5-13-21-35)37-25-23-30(27-33)40(29)41(36)37;1-2/h2-28H,1H3;1-2H3. The van der Waals surface area contributed by atoms with E-state index in [0.29, 0.717) is 9.79 Å². The third kappa shape index (κ3) is 5.35. The Morgan fingerprint density at radius 2 is 0.792 bits per heavy atom. The fourth-order valence-corrected chi connectivity index (χ4v) is 9.41. The molecule has 0 aliphatic heterocycles. The van der Waals surface area contributed by atoms with Crippen LogP contribution in [-0.4, -0.2) is 8.42 Å². The Bertz CT molecular complexity index is 2230. The molecule has 2 unspecified atom stereocenters. The largest absolute Gasteiger partial charge is 0.249 e. The topological polar surface area (TPSA) is 34.1 Å². The highest BCUT2D eigenvalue weighted by Crippen LogP contribution is 2.45. The van der Waals surface area contributed by atoms with Crippen molar-refractivity contribution in [2.45, 2.75) is 45.8 Å². The van der Waals surface area contributed by atoms with Crippen molar-refractivity contribution in [3.05, 3.63) is 180 Å².